The van der Waals surface area contributed by atoms with Gasteiger partial charge in [0.2, 0.25) is 0 Å². The Hall–Kier alpha value is -3.10. The van der Waals surface area contributed by atoms with Gasteiger partial charge in [0.15, 0.2) is 5.11 Å². The lowest BCUT2D eigenvalue weighted by Gasteiger charge is -2.26. The third-order valence-corrected chi connectivity index (χ3v) is 6.26. The molecule has 2 atom stereocenters. The molecule has 0 unspecified atom stereocenters. The molecule has 0 bridgehead atoms. The lowest BCUT2D eigenvalue weighted by atomic mass is 10.0. The van der Waals surface area contributed by atoms with Crippen molar-refractivity contribution in [2.75, 3.05) is 0 Å². The monoisotopic (exact) mass is 508 g/mol. The maximum Gasteiger partial charge on any atom is 0.170 e. The Balaban J connectivity index is 1.55. The van der Waals surface area contributed by atoms with Crippen molar-refractivity contribution in [3.63, 3.8) is 0 Å². The highest BCUT2D eigenvalue weighted by molar-refractivity contribution is 9.10. The van der Waals surface area contributed by atoms with E-state index in [1.165, 1.54) is 6.07 Å². The Labute approximate surface area is 198 Å². The van der Waals surface area contributed by atoms with Gasteiger partial charge in [-0.25, -0.2) is 4.39 Å². The van der Waals surface area contributed by atoms with Crippen LogP contribution < -0.4 is 5.32 Å². The van der Waals surface area contributed by atoms with Crippen molar-refractivity contribution in [1.82, 2.24) is 20.2 Å². The molecule has 0 radical (unpaired) electrons. The molecule has 4 aromatic rings. The third kappa shape index (κ3) is 4.03. The first-order valence-electron chi connectivity index (χ1n) is 10.0. The summed E-state index contributed by atoms with van der Waals surface area (Å²) in [6, 6.07) is 17.8. The molecule has 160 valence electrons. The molecule has 0 amide bonds. The Kier molecular flexibility index (Phi) is 5.71. The first-order chi connectivity index (χ1) is 15.6. The number of pyridine rings is 2. The smallest absolute Gasteiger partial charge is 0.170 e. The van der Waals surface area contributed by atoms with Crippen molar-refractivity contribution in [3.05, 3.63) is 107 Å². The van der Waals surface area contributed by atoms with E-state index in [1.807, 2.05) is 36.4 Å². The third-order valence-electron chi connectivity index (χ3n) is 5.41. The highest BCUT2D eigenvalue weighted by atomic mass is 79.9. The summed E-state index contributed by atoms with van der Waals surface area (Å²) in [6.07, 6.45) is 5.27. The molecule has 5 nitrogen and oxygen atoms in total. The second-order valence-corrected chi connectivity index (χ2v) is 8.74. The Morgan fingerprint density at radius 1 is 1.06 bits per heavy atom. The van der Waals surface area contributed by atoms with Crippen molar-refractivity contribution < 1.29 is 8.81 Å². The van der Waals surface area contributed by atoms with Crippen molar-refractivity contribution in [1.29, 1.82) is 0 Å². The fraction of sp³-hybridized carbons (Fsp3) is 0.125. The molecule has 4 heterocycles. The van der Waals surface area contributed by atoms with Gasteiger partial charge >= 0.3 is 0 Å². The van der Waals surface area contributed by atoms with E-state index < -0.39 is 0 Å². The van der Waals surface area contributed by atoms with Gasteiger partial charge in [-0.15, -0.1) is 0 Å². The summed E-state index contributed by atoms with van der Waals surface area (Å²) in [5, 5.41) is 4.00. The quantitative estimate of drug-likeness (QED) is 0.343. The summed E-state index contributed by atoms with van der Waals surface area (Å²) < 4.78 is 21.4. The molecule has 1 aliphatic heterocycles. The number of nitrogens with zero attached hydrogens (tertiary/aromatic N) is 3. The van der Waals surface area contributed by atoms with Crippen LogP contribution in [0, 0.1) is 5.82 Å². The van der Waals surface area contributed by atoms with Crippen LogP contribution in [0.1, 0.15) is 29.1 Å². The second kappa shape index (κ2) is 8.80. The Morgan fingerprint density at radius 2 is 1.91 bits per heavy atom. The molecular formula is C24H18BrFN4OS. The number of furan rings is 1. The van der Waals surface area contributed by atoms with Crippen LogP contribution in [0.2, 0.25) is 0 Å². The number of aromatic nitrogens is 2. The summed E-state index contributed by atoms with van der Waals surface area (Å²) in [4.78, 5) is 10.7. The van der Waals surface area contributed by atoms with Crippen LogP contribution in [0.3, 0.4) is 0 Å². The Bertz CT molecular complexity index is 1250. The number of nitrogens with one attached hydrogen (secondary N) is 1. The standard InChI is InChI=1S/C24H18BrFN4OS/c25-16-4-5-17(18(26)13-16)20-6-7-21(31-20)23-22(19-3-1-2-10-28-19)29-24(32)30(23)14-15-8-11-27-12-9-15/h1-13,22-23H,14H2,(H,29,32)/t22-,23+/m0/s1. The van der Waals surface area contributed by atoms with E-state index in [2.05, 4.69) is 36.1 Å². The summed E-state index contributed by atoms with van der Waals surface area (Å²) >= 11 is 8.99. The SMILES string of the molecule is Fc1cc(Br)ccc1-c1ccc([C@@H]2[C@H](c3ccccn3)NC(=S)N2Cc2ccncc2)o1. The lowest BCUT2D eigenvalue weighted by molar-refractivity contribution is 0.269. The molecule has 1 aliphatic rings. The van der Waals surface area contributed by atoms with Gasteiger partial charge in [0.1, 0.15) is 23.4 Å². The number of thiocarbonyl (C=S) groups is 1. The summed E-state index contributed by atoms with van der Waals surface area (Å²) in [7, 11) is 0. The predicted molar refractivity (Wildman–Crippen MR) is 127 cm³/mol. The molecule has 32 heavy (non-hydrogen) atoms. The van der Waals surface area contributed by atoms with Crippen LogP contribution in [0.4, 0.5) is 4.39 Å². The number of hydrogen-bond acceptors (Lipinski definition) is 4. The first-order valence-corrected chi connectivity index (χ1v) is 11.2. The van der Waals surface area contributed by atoms with Gasteiger partial charge in [0, 0.05) is 29.6 Å². The Morgan fingerprint density at radius 3 is 2.66 bits per heavy atom. The van der Waals surface area contributed by atoms with Crippen molar-refractivity contribution in [2.45, 2.75) is 18.6 Å². The number of halogens is 2. The normalized spacial score (nSPS) is 18.1. The molecular weight excluding hydrogens is 491 g/mol. The summed E-state index contributed by atoms with van der Waals surface area (Å²) in [5.74, 6) is 0.793. The molecule has 1 N–H and O–H groups in total. The van der Waals surface area contributed by atoms with Crippen LogP contribution in [0.25, 0.3) is 11.3 Å². The van der Waals surface area contributed by atoms with Gasteiger partial charge in [-0.3, -0.25) is 9.97 Å². The average molecular weight is 509 g/mol. The molecule has 5 rings (SSSR count). The van der Waals surface area contributed by atoms with Crippen molar-refractivity contribution in [2.24, 2.45) is 0 Å². The molecule has 1 saturated heterocycles. The number of hydrogen-bond donors (Lipinski definition) is 1. The van der Waals surface area contributed by atoms with E-state index in [-0.39, 0.29) is 17.9 Å². The predicted octanol–water partition coefficient (Wildman–Crippen LogP) is 5.81. The average Bonchev–Trinajstić information content (AvgIpc) is 3.40. The van der Waals surface area contributed by atoms with E-state index in [4.69, 9.17) is 16.6 Å². The number of benzene rings is 1. The van der Waals surface area contributed by atoms with Gasteiger partial charge in [0.25, 0.3) is 0 Å². The van der Waals surface area contributed by atoms with Gasteiger partial charge in [-0.2, -0.15) is 0 Å². The molecule has 0 aliphatic carbocycles. The van der Waals surface area contributed by atoms with Gasteiger partial charge < -0.3 is 14.6 Å². The summed E-state index contributed by atoms with van der Waals surface area (Å²) in [5.41, 5.74) is 2.33. The minimum Gasteiger partial charge on any atom is -0.459 e. The van der Waals surface area contributed by atoms with E-state index in [0.717, 1.165) is 11.3 Å². The molecule has 1 aromatic carbocycles. The molecule has 8 heteroatoms. The topological polar surface area (TPSA) is 54.2 Å². The zero-order valence-electron chi connectivity index (χ0n) is 16.8. The number of rotatable bonds is 5. The molecule has 3 aromatic heterocycles. The highest BCUT2D eigenvalue weighted by Crippen LogP contribution is 2.41. The van der Waals surface area contributed by atoms with E-state index in [9.17, 15) is 4.39 Å². The molecule has 0 spiro atoms. The fourth-order valence-corrected chi connectivity index (χ4v) is 4.55. The van der Waals surface area contributed by atoms with E-state index >= 15 is 0 Å². The summed E-state index contributed by atoms with van der Waals surface area (Å²) in [6.45, 7) is 0.574. The van der Waals surface area contributed by atoms with Crippen LogP contribution in [0.5, 0.6) is 0 Å². The van der Waals surface area contributed by atoms with E-state index in [0.29, 0.717) is 33.2 Å². The molecule has 0 saturated carbocycles. The van der Waals surface area contributed by atoms with Crippen LogP contribution in [-0.2, 0) is 6.54 Å². The maximum atomic E-state index is 14.5. The van der Waals surface area contributed by atoms with Crippen LogP contribution >= 0.6 is 28.1 Å². The zero-order chi connectivity index (χ0) is 22.1. The fourth-order valence-electron chi connectivity index (χ4n) is 3.92. The van der Waals surface area contributed by atoms with Gasteiger partial charge in [-0.1, -0.05) is 22.0 Å². The van der Waals surface area contributed by atoms with Crippen LogP contribution in [-0.4, -0.2) is 20.0 Å². The zero-order valence-corrected chi connectivity index (χ0v) is 19.2. The van der Waals surface area contributed by atoms with Crippen LogP contribution in [0.15, 0.2) is 88.1 Å². The van der Waals surface area contributed by atoms with Gasteiger partial charge in [-0.05, 0) is 72.4 Å². The molecule has 1 fully saturated rings. The first kappa shape index (κ1) is 20.8. The largest absolute Gasteiger partial charge is 0.459 e. The van der Waals surface area contributed by atoms with Crippen molar-refractivity contribution in [3.8, 4) is 11.3 Å². The maximum absolute atomic E-state index is 14.5. The van der Waals surface area contributed by atoms with Crippen molar-refractivity contribution >= 4 is 33.3 Å². The van der Waals surface area contributed by atoms with Gasteiger partial charge in [0.05, 0.1) is 17.3 Å². The second-order valence-electron chi connectivity index (χ2n) is 7.44. The minimum absolute atomic E-state index is 0.209. The van der Waals surface area contributed by atoms with E-state index in [1.54, 1.807) is 36.8 Å². The minimum atomic E-state index is -0.352. The highest BCUT2D eigenvalue weighted by Gasteiger charge is 2.41. The lowest BCUT2D eigenvalue weighted by Crippen LogP contribution is -2.29.